The Morgan fingerprint density at radius 1 is 1.17 bits per heavy atom. The van der Waals surface area contributed by atoms with Crippen LogP contribution in [0.2, 0.25) is 0 Å². The van der Waals surface area contributed by atoms with E-state index >= 15 is 0 Å². The van der Waals surface area contributed by atoms with E-state index in [2.05, 4.69) is 5.32 Å². The molecule has 0 bridgehead atoms. The molecule has 9 nitrogen and oxygen atoms in total. The standard InChI is InChI=1S/C20H21N3O6.ClH/c24-15-11-17(19-7-10-22(29-19)13-5-8-21-9-6-13)20(18(25)12-15)28-16-3-1-14(2-4-16)23(26)27;/h1-4,7,11-13,21,24-25H,5-6,8-10H2;1H. The molecule has 0 spiro atoms. The summed E-state index contributed by atoms with van der Waals surface area (Å²) in [5.41, 5.74) is 0.337. The average molecular weight is 436 g/mol. The van der Waals surface area contributed by atoms with E-state index in [1.165, 1.54) is 36.4 Å². The number of rotatable bonds is 5. The summed E-state index contributed by atoms with van der Waals surface area (Å²) < 4.78 is 5.79. The Bertz CT molecular complexity index is 944. The van der Waals surface area contributed by atoms with Crippen molar-refractivity contribution >= 4 is 23.9 Å². The monoisotopic (exact) mass is 435 g/mol. The van der Waals surface area contributed by atoms with Gasteiger partial charge in [-0.25, -0.2) is 0 Å². The third-order valence-corrected chi connectivity index (χ3v) is 4.98. The maximum Gasteiger partial charge on any atom is 0.269 e. The van der Waals surface area contributed by atoms with Gasteiger partial charge < -0.3 is 25.1 Å². The fraction of sp³-hybridized carbons (Fsp3) is 0.300. The normalized spacial score (nSPS) is 17.0. The SMILES string of the molecule is Cl.O=[N+]([O-])c1ccc(Oc2c(O)cc(O)cc2C2=CCN(C3CCNCC3)O2)cc1. The van der Waals surface area contributed by atoms with Crippen molar-refractivity contribution in [3.8, 4) is 23.0 Å². The van der Waals surface area contributed by atoms with E-state index in [9.17, 15) is 20.3 Å². The summed E-state index contributed by atoms with van der Waals surface area (Å²) in [5, 5.41) is 36.3. The second-order valence-corrected chi connectivity index (χ2v) is 6.94. The van der Waals surface area contributed by atoms with Crippen molar-refractivity contribution in [3.05, 3.63) is 58.2 Å². The van der Waals surface area contributed by atoms with Crippen molar-refractivity contribution in [2.45, 2.75) is 18.9 Å². The molecule has 2 aromatic carbocycles. The van der Waals surface area contributed by atoms with Crippen molar-refractivity contribution in [2.75, 3.05) is 19.6 Å². The van der Waals surface area contributed by atoms with Gasteiger partial charge in [0.05, 0.1) is 17.0 Å². The first-order chi connectivity index (χ1) is 14.0. The molecule has 10 heteroatoms. The number of nitro groups is 1. The molecule has 160 valence electrons. The largest absolute Gasteiger partial charge is 0.508 e. The summed E-state index contributed by atoms with van der Waals surface area (Å²) in [5.74, 6) is 0.509. The Morgan fingerprint density at radius 3 is 2.53 bits per heavy atom. The molecular formula is C20H22ClN3O6. The molecule has 2 aliphatic heterocycles. The van der Waals surface area contributed by atoms with Crippen LogP contribution in [0.15, 0.2) is 42.5 Å². The fourth-order valence-corrected chi connectivity index (χ4v) is 3.49. The molecular weight excluding hydrogens is 414 g/mol. The van der Waals surface area contributed by atoms with E-state index in [-0.39, 0.29) is 41.4 Å². The number of halogens is 1. The van der Waals surface area contributed by atoms with Crippen LogP contribution in [0.5, 0.6) is 23.0 Å². The van der Waals surface area contributed by atoms with Crippen molar-refractivity contribution in [3.63, 3.8) is 0 Å². The molecule has 0 radical (unpaired) electrons. The number of nitrogens with one attached hydrogen (secondary N) is 1. The predicted molar refractivity (Wildman–Crippen MR) is 112 cm³/mol. The minimum Gasteiger partial charge on any atom is -0.508 e. The summed E-state index contributed by atoms with van der Waals surface area (Å²) in [6, 6.07) is 8.43. The summed E-state index contributed by atoms with van der Waals surface area (Å²) in [6.45, 7) is 2.45. The van der Waals surface area contributed by atoms with Crippen molar-refractivity contribution in [1.82, 2.24) is 10.4 Å². The van der Waals surface area contributed by atoms with Crippen molar-refractivity contribution in [1.29, 1.82) is 0 Å². The number of non-ortho nitro benzene ring substituents is 1. The molecule has 1 fully saturated rings. The number of aromatic hydroxyl groups is 2. The molecule has 3 N–H and O–H groups in total. The van der Waals surface area contributed by atoms with Gasteiger partial charge in [0, 0.05) is 24.2 Å². The minimum atomic E-state index is -0.500. The van der Waals surface area contributed by atoms with Crippen LogP contribution < -0.4 is 10.1 Å². The lowest BCUT2D eigenvalue weighted by atomic mass is 10.1. The first-order valence-electron chi connectivity index (χ1n) is 9.35. The van der Waals surface area contributed by atoms with Crippen LogP contribution >= 0.6 is 12.4 Å². The molecule has 30 heavy (non-hydrogen) atoms. The zero-order valence-electron chi connectivity index (χ0n) is 16.0. The Kier molecular flexibility index (Phi) is 6.66. The van der Waals surface area contributed by atoms with Gasteiger partial charge >= 0.3 is 0 Å². The van der Waals surface area contributed by atoms with Gasteiger partial charge in [-0.2, -0.15) is 0 Å². The second-order valence-electron chi connectivity index (χ2n) is 6.94. The number of phenolic OH excluding ortho intramolecular Hbond substituents is 2. The molecule has 4 rings (SSSR count). The van der Waals surface area contributed by atoms with E-state index in [0.29, 0.717) is 23.6 Å². The van der Waals surface area contributed by atoms with Gasteiger partial charge in [-0.1, -0.05) is 0 Å². The number of hydrogen-bond acceptors (Lipinski definition) is 8. The Hall–Kier alpha value is -3.01. The minimum absolute atomic E-state index is 0. The predicted octanol–water partition coefficient (Wildman–Crippen LogP) is 3.56. The average Bonchev–Trinajstić information content (AvgIpc) is 3.21. The molecule has 0 aliphatic carbocycles. The third kappa shape index (κ3) is 4.59. The van der Waals surface area contributed by atoms with Crippen LogP contribution in [-0.2, 0) is 4.84 Å². The third-order valence-electron chi connectivity index (χ3n) is 4.98. The van der Waals surface area contributed by atoms with E-state index in [4.69, 9.17) is 9.57 Å². The maximum atomic E-state index is 10.8. The van der Waals surface area contributed by atoms with Crippen LogP contribution in [0.25, 0.3) is 5.76 Å². The highest BCUT2D eigenvalue weighted by Gasteiger charge is 2.29. The molecule has 0 atom stereocenters. The smallest absolute Gasteiger partial charge is 0.269 e. The number of hydrogen-bond donors (Lipinski definition) is 3. The van der Waals surface area contributed by atoms with Gasteiger partial charge in [-0.15, -0.1) is 17.5 Å². The molecule has 0 unspecified atom stereocenters. The van der Waals surface area contributed by atoms with Crippen LogP contribution in [0.1, 0.15) is 18.4 Å². The zero-order chi connectivity index (χ0) is 20.4. The molecule has 0 saturated carbocycles. The first-order valence-corrected chi connectivity index (χ1v) is 9.35. The number of hydroxylamine groups is 2. The van der Waals surface area contributed by atoms with Crippen LogP contribution in [0.4, 0.5) is 5.69 Å². The quantitative estimate of drug-likeness (QED) is 0.482. The molecule has 1 saturated heterocycles. The molecule has 2 aliphatic rings. The van der Waals surface area contributed by atoms with Gasteiger partial charge in [-0.3, -0.25) is 10.1 Å². The summed E-state index contributed by atoms with van der Waals surface area (Å²) in [6.07, 6.45) is 3.82. The topological polar surface area (TPSA) is 117 Å². The van der Waals surface area contributed by atoms with Crippen LogP contribution in [-0.4, -0.2) is 45.9 Å². The van der Waals surface area contributed by atoms with Gasteiger partial charge in [0.25, 0.3) is 5.69 Å². The summed E-state index contributed by atoms with van der Waals surface area (Å²) in [7, 11) is 0. The summed E-state index contributed by atoms with van der Waals surface area (Å²) in [4.78, 5) is 16.3. The van der Waals surface area contributed by atoms with Crippen molar-refractivity contribution in [2.24, 2.45) is 0 Å². The lowest BCUT2D eigenvalue weighted by molar-refractivity contribution is -0.384. The maximum absolute atomic E-state index is 10.8. The molecule has 0 amide bonds. The number of piperidine rings is 1. The van der Waals surface area contributed by atoms with Crippen LogP contribution in [0, 0.1) is 10.1 Å². The van der Waals surface area contributed by atoms with E-state index in [1.807, 2.05) is 11.1 Å². The van der Waals surface area contributed by atoms with E-state index in [1.54, 1.807) is 0 Å². The van der Waals surface area contributed by atoms with Gasteiger partial charge in [-0.05, 0) is 50.2 Å². The number of phenols is 2. The molecule has 2 aromatic rings. The molecule has 2 heterocycles. The highest BCUT2D eigenvalue weighted by Crippen LogP contribution is 2.43. The second kappa shape index (κ2) is 9.21. The fourth-order valence-electron chi connectivity index (χ4n) is 3.49. The molecule has 0 aromatic heterocycles. The van der Waals surface area contributed by atoms with Gasteiger partial charge in [0.1, 0.15) is 11.5 Å². The van der Waals surface area contributed by atoms with Gasteiger partial charge in [0.15, 0.2) is 17.3 Å². The van der Waals surface area contributed by atoms with E-state index < -0.39 is 4.92 Å². The zero-order valence-corrected chi connectivity index (χ0v) is 16.8. The Labute approximate surface area is 179 Å². The summed E-state index contributed by atoms with van der Waals surface area (Å²) >= 11 is 0. The Balaban J connectivity index is 0.00000256. The van der Waals surface area contributed by atoms with Crippen molar-refractivity contribution < 1.29 is 24.7 Å². The highest BCUT2D eigenvalue weighted by atomic mass is 35.5. The number of nitrogens with zero attached hydrogens (tertiary/aromatic N) is 2. The van der Waals surface area contributed by atoms with E-state index in [0.717, 1.165) is 25.9 Å². The Morgan fingerprint density at radius 2 is 1.87 bits per heavy atom. The lowest BCUT2D eigenvalue weighted by Crippen LogP contribution is -2.41. The lowest BCUT2D eigenvalue weighted by Gasteiger charge is -2.30. The number of nitro benzene ring substituents is 1. The first kappa shape index (κ1) is 21.7. The van der Waals surface area contributed by atoms with Crippen LogP contribution in [0.3, 0.4) is 0 Å². The number of ether oxygens (including phenoxy) is 1. The highest BCUT2D eigenvalue weighted by molar-refractivity contribution is 5.85. The van der Waals surface area contributed by atoms with Gasteiger partial charge in [0.2, 0.25) is 0 Å². The number of benzene rings is 2.